The van der Waals surface area contributed by atoms with Crippen LogP contribution in [0.15, 0.2) is 18.2 Å². The normalized spacial score (nSPS) is 15.2. The molecule has 7 heteroatoms. The minimum atomic E-state index is -0.628. The lowest BCUT2D eigenvalue weighted by Crippen LogP contribution is -2.30. The predicted molar refractivity (Wildman–Crippen MR) is 107 cm³/mol. The molecule has 2 amide bonds. The second-order valence-electron chi connectivity index (χ2n) is 6.94. The highest BCUT2D eigenvalue weighted by atomic mass is 35.5. The number of amides is 2. The summed E-state index contributed by atoms with van der Waals surface area (Å²) in [6.07, 6.45) is 3.15. The molecular formula is C19H29ClN4O2. The molecule has 2 N–H and O–H groups in total. The molecular weight excluding hydrogens is 352 g/mol. The zero-order chi connectivity index (χ0) is 19.1. The van der Waals surface area contributed by atoms with Crippen LogP contribution in [0.3, 0.4) is 0 Å². The van der Waals surface area contributed by atoms with Crippen LogP contribution in [0, 0.1) is 0 Å². The van der Waals surface area contributed by atoms with Gasteiger partial charge in [-0.15, -0.1) is 11.6 Å². The molecule has 0 unspecified atom stereocenters. The molecule has 1 aliphatic rings. The van der Waals surface area contributed by atoms with Crippen molar-refractivity contribution in [1.29, 1.82) is 0 Å². The Kier molecular flexibility index (Phi) is 7.72. The van der Waals surface area contributed by atoms with Crippen LogP contribution in [0.4, 0.5) is 11.4 Å². The first-order chi connectivity index (χ1) is 12.4. The Hall–Kier alpha value is -1.79. The number of nitrogens with one attached hydrogen (secondary N) is 2. The fourth-order valence-electron chi connectivity index (χ4n) is 2.96. The van der Waals surface area contributed by atoms with Crippen LogP contribution < -0.4 is 15.5 Å². The third kappa shape index (κ3) is 5.88. The van der Waals surface area contributed by atoms with Gasteiger partial charge < -0.3 is 20.4 Å². The smallest absolute Gasteiger partial charge is 0.253 e. The number of anilines is 2. The van der Waals surface area contributed by atoms with Crippen molar-refractivity contribution in [1.82, 2.24) is 10.2 Å². The summed E-state index contributed by atoms with van der Waals surface area (Å²) >= 11 is 5.82. The summed E-state index contributed by atoms with van der Waals surface area (Å²) in [5.74, 6) is -0.390. The molecule has 1 aromatic carbocycles. The van der Waals surface area contributed by atoms with E-state index in [-0.39, 0.29) is 11.8 Å². The van der Waals surface area contributed by atoms with Gasteiger partial charge in [0.1, 0.15) is 5.38 Å². The number of hydrogen-bond donors (Lipinski definition) is 2. The minimum absolute atomic E-state index is 0.110. The van der Waals surface area contributed by atoms with Gasteiger partial charge in [0.05, 0.1) is 5.56 Å². The number of alkyl halides is 1. The maximum Gasteiger partial charge on any atom is 0.253 e. The third-order valence-electron chi connectivity index (χ3n) is 4.38. The van der Waals surface area contributed by atoms with Gasteiger partial charge in [-0.05, 0) is 65.0 Å². The highest BCUT2D eigenvalue weighted by Gasteiger charge is 2.20. The largest absolute Gasteiger partial charge is 0.371 e. The van der Waals surface area contributed by atoms with E-state index < -0.39 is 5.38 Å². The first-order valence-corrected chi connectivity index (χ1v) is 9.59. The molecule has 1 aliphatic heterocycles. The van der Waals surface area contributed by atoms with E-state index in [1.807, 2.05) is 26.2 Å². The number of carbonyl (C=O) groups is 2. The summed E-state index contributed by atoms with van der Waals surface area (Å²) in [4.78, 5) is 28.9. The van der Waals surface area contributed by atoms with E-state index in [0.29, 0.717) is 17.8 Å². The van der Waals surface area contributed by atoms with Gasteiger partial charge in [0.15, 0.2) is 0 Å². The van der Waals surface area contributed by atoms with Crippen molar-refractivity contribution in [2.75, 3.05) is 50.5 Å². The van der Waals surface area contributed by atoms with Crippen molar-refractivity contribution in [2.24, 2.45) is 0 Å². The molecule has 1 saturated heterocycles. The topological polar surface area (TPSA) is 64.7 Å². The summed E-state index contributed by atoms with van der Waals surface area (Å²) < 4.78 is 0. The van der Waals surface area contributed by atoms with Crippen LogP contribution in [-0.4, -0.2) is 62.4 Å². The molecule has 1 fully saturated rings. The molecule has 6 nitrogen and oxygen atoms in total. The molecule has 1 atom stereocenters. The van der Waals surface area contributed by atoms with Gasteiger partial charge in [-0.2, -0.15) is 0 Å². The van der Waals surface area contributed by atoms with Crippen LogP contribution in [0.25, 0.3) is 0 Å². The maximum absolute atomic E-state index is 12.7. The Morgan fingerprint density at radius 2 is 1.96 bits per heavy atom. The van der Waals surface area contributed by atoms with Crippen molar-refractivity contribution in [2.45, 2.75) is 31.6 Å². The lowest BCUT2D eigenvalue weighted by atomic mass is 10.1. The average Bonchev–Trinajstić information content (AvgIpc) is 3.12. The van der Waals surface area contributed by atoms with Crippen LogP contribution in [0.1, 0.15) is 36.5 Å². The minimum Gasteiger partial charge on any atom is -0.371 e. The van der Waals surface area contributed by atoms with E-state index in [4.69, 9.17) is 11.6 Å². The van der Waals surface area contributed by atoms with Gasteiger partial charge in [-0.1, -0.05) is 0 Å². The zero-order valence-electron chi connectivity index (χ0n) is 15.8. The van der Waals surface area contributed by atoms with Gasteiger partial charge in [0.25, 0.3) is 5.91 Å². The number of benzene rings is 1. The van der Waals surface area contributed by atoms with Gasteiger partial charge in [0.2, 0.25) is 5.91 Å². The Morgan fingerprint density at radius 1 is 1.27 bits per heavy atom. The number of nitrogens with zero attached hydrogens (tertiary/aromatic N) is 2. The van der Waals surface area contributed by atoms with Crippen molar-refractivity contribution in [3.63, 3.8) is 0 Å². The Balaban J connectivity index is 2.15. The van der Waals surface area contributed by atoms with Gasteiger partial charge >= 0.3 is 0 Å². The predicted octanol–water partition coefficient (Wildman–Crippen LogP) is 2.53. The van der Waals surface area contributed by atoms with Crippen molar-refractivity contribution < 1.29 is 9.59 Å². The van der Waals surface area contributed by atoms with Crippen molar-refractivity contribution in [3.8, 4) is 0 Å². The highest BCUT2D eigenvalue weighted by molar-refractivity contribution is 6.32. The third-order valence-corrected chi connectivity index (χ3v) is 4.58. The van der Waals surface area contributed by atoms with E-state index in [9.17, 15) is 9.59 Å². The quantitative estimate of drug-likeness (QED) is 0.537. The molecule has 0 aliphatic carbocycles. The van der Waals surface area contributed by atoms with Crippen LogP contribution in [-0.2, 0) is 4.79 Å². The van der Waals surface area contributed by atoms with Gasteiger partial charge in [-0.25, -0.2) is 0 Å². The van der Waals surface area contributed by atoms with E-state index in [1.54, 1.807) is 13.0 Å². The number of halogens is 1. The highest BCUT2D eigenvalue weighted by Crippen LogP contribution is 2.27. The van der Waals surface area contributed by atoms with E-state index in [1.165, 1.54) is 0 Å². The Labute approximate surface area is 160 Å². The van der Waals surface area contributed by atoms with Crippen LogP contribution in [0.2, 0.25) is 0 Å². The lowest BCUT2D eigenvalue weighted by Gasteiger charge is -2.22. The van der Waals surface area contributed by atoms with Crippen LogP contribution in [0.5, 0.6) is 0 Å². The average molecular weight is 381 g/mol. The van der Waals surface area contributed by atoms with E-state index in [0.717, 1.165) is 44.6 Å². The molecule has 0 radical (unpaired) electrons. The molecule has 0 spiro atoms. The monoisotopic (exact) mass is 380 g/mol. The van der Waals surface area contributed by atoms with E-state index in [2.05, 4.69) is 20.4 Å². The van der Waals surface area contributed by atoms with Crippen LogP contribution >= 0.6 is 11.6 Å². The molecule has 26 heavy (non-hydrogen) atoms. The summed E-state index contributed by atoms with van der Waals surface area (Å²) in [7, 11) is 4.02. The number of rotatable bonds is 8. The van der Waals surface area contributed by atoms with E-state index >= 15 is 0 Å². The molecule has 144 valence electrons. The summed E-state index contributed by atoms with van der Waals surface area (Å²) in [5, 5.41) is 5.12. The second kappa shape index (κ2) is 9.78. The second-order valence-corrected chi connectivity index (χ2v) is 7.60. The molecule has 0 aromatic heterocycles. The van der Waals surface area contributed by atoms with Gasteiger partial charge in [-0.3, -0.25) is 9.59 Å². The van der Waals surface area contributed by atoms with Crippen molar-refractivity contribution in [3.05, 3.63) is 23.8 Å². The lowest BCUT2D eigenvalue weighted by molar-refractivity contribution is -0.115. The number of carbonyl (C=O) groups excluding carboxylic acids is 2. The zero-order valence-corrected chi connectivity index (χ0v) is 16.6. The Bertz CT molecular complexity index is 628. The first kappa shape index (κ1) is 20.5. The molecule has 0 saturated carbocycles. The van der Waals surface area contributed by atoms with Gasteiger partial charge in [0, 0.05) is 31.0 Å². The SMILES string of the molecule is C[C@@H](Cl)C(=O)Nc1ccc(N2CCCC2)c(C(=O)NCCCN(C)C)c1. The summed E-state index contributed by atoms with van der Waals surface area (Å²) in [6.45, 7) is 5.05. The maximum atomic E-state index is 12.7. The standard InChI is InChI=1S/C19H29ClN4O2/c1-14(20)18(25)22-15-7-8-17(24-11-4-5-12-24)16(13-15)19(26)21-9-6-10-23(2)3/h7-8,13-14H,4-6,9-12H2,1-3H3,(H,21,26)(H,22,25)/t14-/m1/s1. The fraction of sp³-hybridized carbons (Fsp3) is 0.579. The number of hydrogen-bond acceptors (Lipinski definition) is 4. The summed E-state index contributed by atoms with van der Waals surface area (Å²) in [5.41, 5.74) is 2.10. The molecule has 1 aromatic rings. The summed E-state index contributed by atoms with van der Waals surface area (Å²) in [6, 6.07) is 5.48. The molecule has 2 rings (SSSR count). The van der Waals surface area contributed by atoms with Crippen molar-refractivity contribution >= 4 is 34.8 Å². The molecule has 1 heterocycles. The Morgan fingerprint density at radius 3 is 2.58 bits per heavy atom. The molecule has 0 bridgehead atoms. The fourth-order valence-corrected chi connectivity index (χ4v) is 3.02. The first-order valence-electron chi connectivity index (χ1n) is 9.15.